The standard InChI is InChI=1S/C13H15FO2S/c1-10(15)17-8-4-3-5-11-6-7-13(16-2)12(14)9-11/h3,5-7,9H,4,8H2,1-2H3. The molecule has 0 saturated heterocycles. The van der Waals surface area contributed by atoms with Crippen LogP contribution >= 0.6 is 11.8 Å². The molecule has 0 aromatic heterocycles. The molecule has 1 rings (SSSR count). The zero-order chi connectivity index (χ0) is 12.7. The zero-order valence-corrected chi connectivity index (χ0v) is 10.7. The van der Waals surface area contributed by atoms with E-state index in [0.717, 1.165) is 17.7 Å². The van der Waals surface area contributed by atoms with E-state index in [1.54, 1.807) is 19.1 Å². The van der Waals surface area contributed by atoms with Crippen LogP contribution in [0.3, 0.4) is 0 Å². The SMILES string of the molecule is COc1ccc(C=CCCSC(C)=O)cc1F. The Bertz CT molecular complexity index is 416. The molecule has 0 aliphatic rings. The van der Waals surface area contributed by atoms with Crippen molar-refractivity contribution in [3.8, 4) is 5.75 Å². The van der Waals surface area contributed by atoms with Crippen molar-refractivity contribution in [3.05, 3.63) is 35.7 Å². The molecule has 0 aliphatic heterocycles. The molecule has 0 saturated carbocycles. The number of benzene rings is 1. The van der Waals surface area contributed by atoms with Gasteiger partial charge in [-0.1, -0.05) is 30.0 Å². The quantitative estimate of drug-likeness (QED) is 0.752. The molecule has 0 aliphatic carbocycles. The third-order valence-corrected chi connectivity index (χ3v) is 2.92. The Balaban J connectivity index is 2.48. The summed E-state index contributed by atoms with van der Waals surface area (Å²) in [5, 5.41) is 0.119. The van der Waals surface area contributed by atoms with Crippen molar-refractivity contribution in [2.45, 2.75) is 13.3 Å². The Morgan fingerprint density at radius 3 is 2.88 bits per heavy atom. The molecule has 2 nitrogen and oxygen atoms in total. The first-order valence-electron chi connectivity index (χ1n) is 5.27. The van der Waals surface area contributed by atoms with Crippen LogP contribution < -0.4 is 4.74 Å². The Morgan fingerprint density at radius 1 is 1.53 bits per heavy atom. The van der Waals surface area contributed by atoms with Gasteiger partial charge in [0.25, 0.3) is 0 Å². The number of halogens is 1. The van der Waals surface area contributed by atoms with E-state index in [1.165, 1.54) is 24.9 Å². The van der Waals surface area contributed by atoms with E-state index in [0.29, 0.717) is 0 Å². The van der Waals surface area contributed by atoms with Gasteiger partial charge in [0.2, 0.25) is 0 Å². The minimum absolute atomic E-state index is 0.119. The Morgan fingerprint density at radius 2 is 2.29 bits per heavy atom. The van der Waals surface area contributed by atoms with Gasteiger partial charge in [0.1, 0.15) is 0 Å². The van der Waals surface area contributed by atoms with Gasteiger partial charge < -0.3 is 4.74 Å². The van der Waals surface area contributed by atoms with Crippen LogP contribution in [-0.2, 0) is 4.79 Å². The molecule has 0 spiro atoms. The predicted octanol–water partition coefficient (Wildman–Crippen LogP) is 3.52. The maximum Gasteiger partial charge on any atom is 0.185 e. The summed E-state index contributed by atoms with van der Waals surface area (Å²) in [7, 11) is 1.44. The molecule has 0 radical (unpaired) electrons. The molecule has 1 aromatic rings. The number of carbonyl (C=O) groups excluding carboxylic acids is 1. The van der Waals surface area contributed by atoms with Crippen LogP contribution in [0, 0.1) is 5.82 Å². The summed E-state index contributed by atoms with van der Waals surface area (Å²) in [6.07, 6.45) is 4.55. The largest absolute Gasteiger partial charge is 0.494 e. The number of allylic oxidation sites excluding steroid dienone is 1. The van der Waals surface area contributed by atoms with Crippen molar-refractivity contribution < 1.29 is 13.9 Å². The Hall–Kier alpha value is -1.29. The van der Waals surface area contributed by atoms with Crippen LogP contribution in [0.25, 0.3) is 6.08 Å². The highest BCUT2D eigenvalue weighted by Gasteiger charge is 2.00. The summed E-state index contributed by atoms with van der Waals surface area (Å²) < 4.78 is 18.2. The van der Waals surface area contributed by atoms with Crippen LogP contribution in [0.5, 0.6) is 5.75 Å². The van der Waals surface area contributed by atoms with Crippen LogP contribution in [0.15, 0.2) is 24.3 Å². The van der Waals surface area contributed by atoms with E-state index < -0.39 is 0 Å². The third kappa shape index (κ3) is 5.04. The zero-order valence-electron chi connectivity index (χ0n) is 9.90. The minimum Gasteiger partial charge on any atom is -0.494 e. The van der Waals surface area contributed by atoms with Crippen LogP contribution in [0.1, 0.15) is 18.9 Å². The van der Waals surface area contributed by atoms with Gasteiger partial charge in [-0.25, -0.2) is 4.39 Å². The minimum atomic E-state index is -0.368. The second-order valence-electron chi connectivity index (χ2n) is 3.43. The first kappa shape index (κ1) is 13.8. The van der Waals surface area contributed by atoms with Crippen molar-refractivity contribution in [1.82, 2.24) is 0 Å². The lowest BCUT2D eigenvalue weighted by atomic mass is 10.2. The lowest BCUT2D eigenvalue weighted by molar-refractivity contribution is -0.109. The van der Waals surface area contributed by atoms with Crippen molar-refractivity contribution >= 4 is 23.0 Å². The maximum absolute atomic E-state index is 13.3. The monoisotopic (exact) mass is 254 g/mol. The molecule has 0 fully saturated rings. The summed E-state index contributed by atoms with van der Waals surface area (Å²) in [4.78, 5) is 10.7. The van der Waals surface area contributed by atoms with Crippen molar-refractivity contribution in [3.63, 3.8) is 0 Å². The molecule has 0 N–H and O–H groups in total. The Kier molecular flexibility index (Phi) is 5.77. The van der Waals surface area contributed by atoms with Crippen LogP contribution in [-0.4, -0.2) is 18.0 Å². The van der Waals surface area contributed by atoms with Crippen LogP contribution in [0.2, 0.25) is 0 Å². The van der Waals surface area contributed by atoms with Crippen molar-refractivity contribution in [1.29, 1.82) is 0 Å². The first-order chi connectivity index (χ1) is 8.13. The molecular weight excluding hydrogens is 239 g/mol. The van der Waals surface area contributed by atoms with Gasteiger partial charge in [-0.15, -0.1) is 0 Å². The number of ether oxygens (including phenoxy) is 1. The average molecular weight is 254 g/mol. The van der Waals surface area contributed by atoms with Gasteiger partial charge in [0.05, 0.1) is 7.11 Å². The number of methoxy groups -OCH3 is 1. The highest BCUT2D eigenvalue weighted by molar-refractivity contribution is 8.13. The molecule has 0 heterocycles. The van der Waals surface area contributed by atoms with Crippen molar-refractivity contribution in [2.24, 2.45) is 0 Å². The predicted molar refractivity (Wildman–Crippen MR) is 69.7 cm³/mol. The molecule has 0 unspecified atom stereocenters. The van der Waals surface area contributed by atoms with Crippen LogP contribution in [0.4, 0.5) is 4.39 Å². The molecule has 17 heavy (non-hydrogen) atoms. The van der Waals surface area contributed by atoms with Gasteiger partial charge in [0, 0.05) is 12.7 Å². The lowest BCUT2D eigenvalue weighted by Crippen LogP contribution is -1.88. The molecule has 92 valence electrons. The average Bonchev–Trinajstić information content (AvgIpc) is 2.28. The van der Waals surface area contributed by atoms with E-state index in [-0.39, 0.29) is 16.7 Å². The van der Waals surface area contributed by atoms with E-state index in [2.05, 4.69) is 0 Å². The summed E-state index contributed by atoms with van der Waals surface area (Å²) in [6, 6.07) is 4.81. The van der Waals surface area contributed by atoms with E-state index in [4.69, 9.17) is 4.74 Å². The second-order valence-corrected chi connectivity index (χ2v) is 4.70. The molecule has 0 atom stereocenters. The third-order valence-electron chi connectivity index (χ3n) is 2.08. The fraction of sp³-hybridized carbons (Fsp3) is 0.308. The molecule has 0 amide bonds. The normalized spacial score (nSPS) is 10.8. The second kappa shape index (κ2) is 7.12. The van der Waals surface area contributed by atoms with Gasteiger partial charge in [-0.05, 0) is 24.1 Å². The molecule has 1 aromatic carbocycles. The smallest absolute Gasteiger partial charge is 0.185 e. The summed E-state index contributed by atoms with van der Waals surface area (Å²) in [5.74, 6) is 0.631. The molecule has 0 bridgehead atoms. The first-order valence-corrected chi connectivity index (χ1v) is 6.25. The number of rotatable bonds is 5. The van der Waals surface area contributed by atoms with Gasteiger partial charge in [-0.3, -0.25) is 4.79 Å². The highest BCUT2D eigenvalue weighted by atomic mass is 32.2. The van der Waals surface area contributed by atoms with Gasteiger partial charge in [0.15, 0.2) is 16.7 Å². The van der Waals surface area contributed by atoms with E-state index >= 15 is 0 Å². The summed E-state index contributed by atoms with van der Waals surface area (Å²) in [5.41, 5.74) is 0.788. The number of hydrogen-bond donors (Lipinski definition) is 0. The van der Waals surface area contributed by atoms with E-state index in [9.17, 15) is 9.18 Å². The fourth-order valence-electron chi connectivity index (χ4n) is 1.28. The number of thioether (sulfide) groups is 1. The molecular formula is C13H15FO2S. The molecule has 4 heteroatoms. The van der Waals surface area contributed by atoms with Gasteiger partial charge >= 0.3 is 0 Å². The van der Waals surface area contributed by atoms with E-state index in [1.807, 2.05) is 12.2 Å². The Labute approximate surface area is 105 Å². The summed E-state index contributed by atoms with van der Waals surface area (Å²) >= 11 is 1.29. The highest BCUT2D eigenvalue weighted by Crippen LogP contribution is 2.18. The topological polar surface area (TPSA) is 26.3 Å². The number of hydrogen-bond acceptors (Lipinski definition) is 3. The van der Waals surface area contributed by atoms with Crippen molar-refractivity contribution in [2.75, 3.05) is 12.9 Å². The van der Waals surface area contributed by atoms with Gasteiger partial charge in [-0.2, -0.15) is 0 Å². The summed E-state index contributed by atoms with van der Waals surface area (Å²) in [6.45, 7) is 1.55. The maximum atomic E-state index is 13.3. The fourth-order valence-corrected chi connectivity index (χ4v) is 1.82. The lowest BCUT2D eigenvalue weighted by Gasteiger charge is -2.01. The number of carbonyl (C=O) groups is 1.